The van der Waals surface area contributed by atoms with Crippen LogP contribution in [0.4, 0.5) is 9.18 Å². The number of carbonyl (C=O) groups is 1. The van der Waals surface area contributed by atoms with Crippen molar-refractivity contribution in [2.45, 2.75) is 38.5 Å². The smallest absolute Gasteiger partial charge is 0.408 e. The van der Waals surface area contributed by atoms with E-state index in [2.05, 4.69) is 15.3 Å². The van der Waals surface area contributed by atoms with Gasteiger partial charge in [-0.1, -0.05) is 12.1 Å². The summed E-state index contributed by atoms with van der Waals surface area (Å²) < 4.78 is 18.5. The summed E-state index contributed by atoms with van der Waals surface area (Å²) in [4.78, 5) is 19.9. The fourth-order valence-electron chi connectivity index (χ4n) is 2.07. The zero-order valence-electron chi connectivity index (χ0n) is 13.7. The molecule has 0 spiro atoms. The van der Waals surface area contributed by atoms with Crippen LogP contribution in [0, 0.1) is 5.95 Å². The van der Waals surface area contributed by atoms with Crippen molar-refractivity contribution in [3.05, 3.63) is 59.9 Å². The van der Waals surface area contributed by atoms with Crippen LogP contribution in [0.2, 0.25) is 0 Å². The number of rotatable bonds is 4. The number of hydrogen-bond donors (Lipinski definition) is 2. The van der Waals surface area contributed by atoms with Gasteiger partial charge < -0.3 is 15.2 Å². The van der Waals surface area contributed by atoms with Gasteiger partial charge in [0, 0.05) is 6.20 Å². The third kappa shape index (κ3) is 4.99. The summed E-state index contributed by atoms with van der Waals surface area (Å²) in [5.41, 5.74) is -0.204. The lowest BCUT2D eigenvalue weighted by Crippen LogP contribution is -2.37. The highest BCUT2D eigenvalue weighted by Crippen LogP contribution is 2.27. The molecule has 7 heteroatoms. The predicted molar refractivity (Wildman–Crippen MR) is 85.5 cm³/mol. The normalized spacial score (nSPS) is 13.9. The van der Waals surface area contributed by atoms with E-state index in [0.29, 0.717) is 5.69 Å². The first-order valence-electron chi connectivity index (χ1n) is 7.47. The largest absolute Gasteiger partial charge is 0.444 e. The highest BCUT2D eigenvalue weighted by atomic mass is 19.1. The van der Waals surface area contributed by atoms with Crippen LogP contribution in [0.3, 0.4) is 0 Å². The van der Waals surface area contributed by atoms with Crippen LogP contribution in [0.15, 0.2) is 42.6 Å². The Morgan fingerprint density at radius 3 is 2.50 bits per heavy atom. The lowest BCUT2D eigenvalue weighted by molar-refractivity contribution is 0.0411. The first-order chi connectivity index (χ1) is 11.3. The van der Waals surface area contributed by atoms with E-state index < -0.39 is 29.8 Å². The summed E-state index contributed by atoms with van der Waals surface area (Å²) in [6.45, 7) is 5.19. The second kappa shape index (κ2) is 7.35. The van der Waals surface area contributed by atoms with Crippen LogP contribution >= 0.6 is 0 Å². The first kappa shape index (κ1) is 17.8. The van der Waals surface area contributed by atoms with E-state index in [4.69, 9.17) is 4.74 Å². The number of alkyl carbamates (subject to hydrolysis) is 1. The minimum atomic E-state index is -1.29. The van der Waals surface area contributed by atoms with E-state index in [1.54, 1.807) is 39.0 Å². The lowest BCUT2D eigenvalue weighted by atomic mass is 10.0. The molecule has 0 radical (unpaired) electrons. The molecule has 0 aromatic carbocycles. The maximum absolute atomic E-state index is 13.3. The van der Waals surface area contributed by atoms with Crippen molar-refractivity contribution < 1.29 is 19.0 Å². The summed E-state index contributed by atoms with van der Waals surface area (Å²) >= 11 is 0. The number of aliphatic hydroxyl groups is 1. The van der Waals surface area contributed by atoms with Crippen molar-refractivity contribution in [3.63, 3.8) is 0 Å². The number of aliphatic hydroxyl groups excluding tert-OH is 1. The highest BCUT2D eigenvalue weighted by molar-refractivity contribution is 5.68. The molecular formula is C17H20FN3O3. The molecule has 0 aliphatic rings. The fourth-order valence-corrected chi connectivity index (χ4v) is 2.07. The standard InChI is InChI=1S/C17H20FN3O3/c1-17(2,3)24-16(23)21-14(11-7-4-5-10-19-11)15(22)12-8-6-9-13(18)20-12/h4-10,14-15,22H,1-3H3,(H,21,23)/t14-,15+/m1/s1. The maximum atomic E-state index is 13.3. The molecule has 2 N–H and O–H groups in total. The maximum Gasteiger partial charge on any atom is 0.408 e. The number of ether oxygens (including phenoxy) is 1. The molecular weight excluding hydrogens is 313 g/mol. The monoisotopic (exact) mass is 333 g/mol. The van der Waals surface area contributed by atoms with Crippen molar-refractivity contribution in [3.8, 4) is 0 Å². The van der Waals surface area contributed by atoms with Crippen molar-refractivity contribution in [1.29, 1.82) is 0 Å². The Kier molecular flexibility index (Phi) is 5.46. The van der Waals surface area contributed by atoms with E-state index in [0.717, 1.165) is 0 Å². The van der Waals surface area contributed by atoms with Crippen LogP contribution in [0.5, 0.6) is 0 Å². The number of hydrogen-bond acceptors (Lipinski definition) is 5. The average molecular weight is 333 g/mol. The van der Waals surface area contributed by atoms with Gasteiger partial charge in [-0.15, -0.1) is 0 Å². The van der Waals surface area contributed by atoms with E-state index in [1.807, 2.05) is 0 Å². The Hall–Kier alpha value is -2.54. The fraction of sp³-hybridized carbons (Fsp3) is 0.353. The summed E-state index contributed by atoms with van der Waals surface area (Å²) in [6, 6.07) is 8.22. The quantitative estimate of drug-likeness (QED) is 0.841. The minimum absolute atomic E-state index is 0.0849. The summed E-state index contributed by atoms with van der Waals surface area (Å²) in [7, 11) is 0. The van der Waals surface area contributed by atoms with E-state index in [1.165, 1.54) is 24.4 Å². The second-order valence-electron chi connectivity index (χ2n) is 6.21. The zero-order valence-corrected chi connectivity index (χ0v) is 13.7. The summed E-state index contributed by atoms with van der Waals surface area (Å²) in [5, 5.41) is 13.1. The van der Waals surface area contributed by atoms with Gasteiger partial charge in [-0.3, -0.25) is 4.98 Å². The van der Waals surface area contributed by atoms with Crippen molar-refractivity contribution in [2.75, 3.05) is 0 Å². The van der Waals surface area contributed by atoms with Gasteiger partial charge in [-0.2, -0.15) is 4.39 Å². The van der Waals surface area contributed by atoms with Crippen molar-refractivity contribution in [2.24, 2.45) is 0 Å². The van der Waals surface area contributed by atoms with E-state index in [9.17, 15) is 14.3 Å². The number of nitrogens with zero attached hydrogens (tertiary/aromatic N) is 2. The SMILES string of the molecule is CC(C)(C)OC(=O)N[C@H](c1ccccn1)[C@@H](O)c1cccc(F)n1. The van der Waals surface area contributed by atoms with Gasteiger partial charge in [-0.25, -0.2) is 9.78 Å². The second-order valence-corrected chi connectivity index (χ2v) is 6.21. The Morgan fingerprint density at radius 2 is 1.92 bits per heavy atom. The molecule has 128 valence electrons. The molecule has 2 atom stereocenters. The average Bonchev–Trinajstić information content (AvgIpc) is 2.51. The molecule has 0 unspecified atom stereocenters. The molecule has 2 heterocycles. The third-order valence-electron chi connectivity index (χ3n) is 3.03. The minimum Gasteiger partial charge on any atom is -0.444 e. The molecule has 2 aromatic heterocycles. The Bertz CT molecular complexity index is 689. The molecule has 0 saturated heterocycles. The number of halogens is 1. The molecule has 0 aliphatic heterocycles. The molecule has 0 bridgehead atoms. The van der Waals surface area contributed by atoms with Gasteiger partial charge in [0.1, 0.15) is 17.7 Å². The van der Waals surface area contributed by atoms with Gasteiger partial charge in [0.25, 0.3) is 0 Å². The molecule has 6 nitrogen and oxygen atoms in total. The van der Waals surface area contributed by atoms with Crippen LogP contribution in [0.1, 0.15) is 44.3 Å². The lowest BCUT2D eigenvalue weighted by Gasteiger charge is -2.26. The van der Waals surface area contributed by atoms with Gasteiger partial charge in [0.05, 0.1) is 11.4 Å². The van der Waals surface area contributed by atoms with Crippen LogP contribution in [-0.2, 0) is 4.74 Å². The molecule has 0 aliphatic carbocycles. The van der Waals surface area contributed by atoms with Crippen LogP contribution < -0.4 is 5.32 Å². The van der Waals surface area contributed by atoms with Crippen molar-refractivity contribution in [1.82, 2.24) is 15.3 Å². The Labute approximate surface area is 139 Å². The summed E-state index contributed by atoms with van der Waals surface area (Å²) in [5.74, 6) is -0.719. The number of carbonyl (C=O) groups excluding carboxylic acids is 1. The van der Waals surface area contributed by atoms with Crippen LogP contribution in [-0.4, -0.2) is 26.8 Å². The zero-order chi connectivity index (χ0) is 17.7. The number of aromatic nitrogens is 2. The van der Waals surface area contributed by atoms with E-state index >= 15 is 0 Å². The van der Waals surface area contributed by atoms with E-state index in [-0.39, 0.29) is 5.69 Å². The molecule has 24 heavy (non-hydrogen) atoms. The number of pyridine rings is 2. The van der Waals surface area contributed by atoms with Crippen molar-refractivity contribution >= 4 is 6.09 Å². The number of amides is 1. The third-order valence-corrected chi connectivity index (χ3v) is 3.03. The van der Waals surface area contributed by atoms with Crippen LogP contribution in [0.25, 0.3) is 0 Å². The Balaban J connectivity index is 2.28. The molecule has 2 rings (SSSR count). The van der Waals surface area contributed by atoms with Gasteiger partial charge in [0.15, 0.2) is 0 Å². The summed E-state index contributed by atoms with van der Waals surface area (Å²) in [6.07, 6.45) is -0.470. The Morgan fingerprint density at radius 1 is 1.21 bits per heavy atom. The first-order valence-corrected chi connectivity index (χ1v) is 7.47. The van der Waals surface area contributed by atoms with Gasteiger partial charge in [0.2, 0.25) is 5.95 Å². The highest BCUT2D eigenvalue weighted by Gasteiger charge is 2.29. The topological polar surface area (TPSA) is 84.3 Å². The molecule has 2 aromatic rings. The molecule has 1 amide bonds. The predicted octanol–water partition coefficient (Wildman–Crippen LogP) is 2.92. The number of nitrogens with one attached hydrogen (secondary N) is 1. The van der Waals surface area contributed by atoms with Gasteiger partial charge >= 0.3 is 6.09 Å². The molecule has 0 saturated carbocycles. The molecule has 0 fully saturated rings. The van der Waals surface area contributed by atoms with Gasteiger partial charge in [-0.05, 0) is 45.0 Å².